The number of carboxylic acid groups (broad SMARTS) is 1. The van der Waals surface area contributed by atoms with Gasteiger partial charge in [-0.25, -0.2) is 0 Å². The maximum absolute atomic E-state index is 10.6. The normalized spacial score (nSPS) is 12.3. The van der Waals surface area contributed by atoms with Gasteiger partial charge in [0.25, 0.3) is 0 Å². The van der Waals surface area contributed by atoms with Gasteiger partial charge in [-0.3, -0.25) is 4.79 Å². The number of carbonyl (C=O) groups is 1. The van der Waals surface area contributed by atoms with Gasteiger partial charge in [-0.05, 0) is 56.0 Å². The van der Waals surface area contributed by atoms with Crippen LogP contribution in [0.3, 0.4) is 0 Å². The van der Waals surface area contributed by atoms with Crippen LogP contribution < -0.4 is 10.5 Å². The molecule has 0 spiro atoms. The monoisotopic (exact) mass is 388 g/mol. The Balaban J connectivity index is 0.00000289. The molecule has 0 saturated heterocycles. The van der Waals surface area contributed by atoms with Crippen molar-refractivity contribution < 1.29 is 16.0 Å². The Labute approximate surface area is 124 Å². The van der Waals surface area contributed by atoms with Gasteiger partial charge in [0, 0.05) is 0 Å². The zero-order chi connectivity index (χ0) is 13.0. The Bertz CT molecular complexity index is 411. The van der Waals surface area contributed by atoms with Crippen molar-refractivity contribution in [3.8, 4) is 5.75 Å². The zero-order valence-corrected chi connectivity index (χ0v) is 12.6. The number of hydrogen-bond acceptors (Lipinski definition) is 3. The van der Waals surface area contributed by atoms with E-state index >= 15 is 0 Å². The average Bonchev–Trinajstić information content (AvgIpc) is 2.23. The van der Waals surface area contributed by atoms with E-state index in [0.29, 0.717) is 14.7 Å². The Hall–Kier alpha value is -0.300. The SMILES string of the molecule is Cl.[2H]COc1c(Br)cc(C[C@H](N)C(=O)O)cc1Br. The molecule has 0 bridgehead atoms. The van der Waals surface area contributed by atoms with E-state index in [0.717, 1.165) is 5.56 Å². The van der Waals surface area contributed by atoms with Crippen LogP contribution in [-0.4, -0.2) is 24.2 Å². The molecule has 0 unspecified atom stereocenters. The summed E-state index contributed by atoms with van der Waals surface area (Å²) in [5.41, 5.74) is 6.23. The van der Waals surface area contributed by atoms with Crippen molar-refractivity contribution in [3.05, 3.63) is 26.6 Å². The molecule has 0 radical (unpaired) electrons. The fourth-order valence-corrected chi connectivity index (χ4v) is 2.72. The number of benzene rings is 1. The first-order valence-corrected chi connectivity index (χ1v) is 5.92. The van der Waals surface area contributed by atoms with Crippen molar-refractivity contribution in [1.82, 2.24) is 0 Å². The van der Waals surface area contributed by atoms with Gasteiger partial charge in [-0.2, -0.15) is 0 Å². The molecule has 0 aliphatic carbocycles. The van der Waals surface area contributed by atoms with Gasteiger partial charge >= 0.3 is 5.97 Å². The lowest BCUT2D eigenvalue weighted by molar-refractivity contribution is -0.138. The molecule has 0 amide bonds. The molecule has 0 aliphatic heterocycles. The molecule has 0 saturated carbocycles. The maximum Gasteiger partial charge on any atom is 0.320 e. The third-order valence-corrected chi connectivity index (χ3v) is 3.15. The number of rotatable bonds is 4. The Morgan fingerprint density at radius 3 is 2.53 bits per heavy atom. The highest BCUT2D eigenvalue weighted by Gasteiger charge is 2.14. The van der Waals surface area contributed by atoms with Crippen molar-refractivity contribution in [2.75, 3.05) is 7.09 Å². The van der Waals surface area contributed by atoms with Gasteiger partial charge in [-0.1, -0.05) is 0 Å². The third kappa shape index (κ3) is 4.46. The first-order valence-electron chi connectivity index (χ1n) is 5.04. The van der Waals surface area contributed by atoms with Gasteiger partial charge < -0.3 is 15.6 Å². The minimum atomic E-state index is -1.04. The lowest BCUT2D eigenvalue weighted by Gasteiger charge is -2.11. The minimum absolute atomic E-state index is 0. The number of nitrogens with two attached hydrogens (primary N) is 1. The van der Waals surface area contributed by atoms with E-state index in [-0.39, 0.29) is 25.9 Å². The van der Waals surface area contributed by atoms with Gasteiger partial charge in [0.2, 0.25) is 0 Å². The third-order valence-electron chi connectivity index (χ3n) is 1.98. The number of ether oxygens (including phenoxy) is 1. The first kappa shape index (κ1) is 14.8. The number of hydrogen-bond donors (Lipinski definition) is 2. The lowest BCUT2D eigenvalue weighted by Crippen LogP contribution is -2.32. The van der Waals surface area contributed by atoms with E-state index in [2.05, 4.69) is 31.9 Å². The topological polar surface area (TPSA) is 72.5 Å². The van der Waals surface area contributed by atoms with E-state index in [1.165, 1.54) is 0 Å². The second-order valence-corrected chi connectivity index (χ2v) is 4.89. The fourth-order valence-electron chi connectivity index (χ4n) is 1.21. The van der Waals surface area contributed by atoms with Gasteiger partial charge in [0.15, 0.2) is 0 Å². The highest BCUT2D eigenvalue weighted by Crippen LogP contribution is 2.34. The molecule has 17 heavy (non-hydrogen) atoms. The smallest absolute Gasteiger partial charge is 0.320 e. The lowest BCUT2D eigenvalue weighted by atomic mass is 10.1. The van der Waals surface area contributed by atoms with E-state index in [1.54, 1.807) is 12.1 Å². The largest absolute Gasteiger partial charge is 0.494 e. The van der Waals surface area contributed by atoms with Crippen LogP contribution in [-0.2, 0) is 11.2 Å². The minimum Gasteiger partial charge on any atom is -0.494 e. The Morgan fingerprint density at radius 1 is 1.59 bits per heavy atom. The summed E-state index contributed by atoms with van der Waals surface area (Å²) in [6.07, 6.45) is 0.230. The summed E-state index contributed by atoms with van der Waals surface area (Å²) in [6, 6.07) is 2.54. The Morgan fingerprint density at radius 2 is 2.12 bits per heavy atom. The number of aliphatic carboxylic acids is 1. The highest BCUT2D eigenvalue weighted by molar-refractivity contribution is 9.11. The first-order chi connectivity index (χ1) is 7.95. The van der Waals surface area contributed by atoms with Crippen molar-refractivity contribution in [1.29, 1.82) is 0 Å². The second-order valence-electron chi connectivity index (χ2n) is 3.18. The number of halogens is 3. The molecule has 0 aromatic heterocycles. The van der Waals surface area contributed by atoms with E-state index in [4.69, 9.17) is 16.9 Å². The van der Waals surface area contributed by atoms with E-state index in [1.807, 2.05) is 0 Å². The van der Waals surface area contributed by atoms with Crippen LogP contribution >= 0.6 is 44.3 Å². The molecule has 1 rings (SSSR count). The van der Waals surface area contributed by atoms with Crippen LogP contribution in [0.15, 0.2) is 21.1 Å². The predicted molar refractivity (Wildman–Crippen MR) is 75.0 cm³/mol. The quantitative estimate of drug-likeness (QED) is 0.829. The summed E-state index contributed by atoms with van der Waals surface area (Å²) in [6.45, 7) is 0. The maximum atomic E-state index is 10.6. The summed E-state index contributed by atoms with van der Waals surface area (Å²) in [5, 5.41) is 8.72. The van der Waals surface area contributed by atoms with E-state index < -0.39 is 12.0 Å². The molecule has 96 valence electrons. The van der Waals surface area contributed by atoms with Crippen molar-refractivity contribution in [2.45, 2.75) is 12.5 Å². The molecule has 4 nitrogen and oxygen atoms in total. The van der Waals surface area contributed by atoms with Crippen LogP contribution in [0.2, 0.25) is 0 Å². The van der Waals surface area contributed by atoms with Crippen LogP contribution in [0.4, 0.5) is 0 Å². The second kappa shape index (κ2) is 7.20. The molecular formula is C10H12Br2ClNO3. The number of methoxy groups -OCH3 is 1. The van der Waals surface area contributed by atoms with Crippen LogP contribution in [0, 0.1) is 0 Å². The summed E-state index contributed by atoms with van der Waals surface area (Å²) in [7, 11) is -0.189. The summed E-state index contributed by atoms with van der Waals surface area (Å²) in [5.74, 6) is -0.517. The van der Waals surface area contributed by atoms with Crippen molar-refractivity contribution in [2.24, 2.45) is 5.73 Å². The molecule has 3 N–H and O–H groups in total. The van der Waals surface area contributed by atoms with Crippen LogP contribution in [0.1, 0.15) is 6.93 Å². The fraction of sp³-hybridized carbons (Fsp3) is 0.300. The molecule has 7 heteroatoms. The highest BCUT2D eigenvalue weighted by atomic mass is 79.9. The standard InChI is InChI=1S/C10H11Br2NO3.ClH/c1-16-9-6(11)2-5(3-7(9)12)4-8(13)10(14)15;/h2-3,8H,4,13H2,1H3,(H,14,15);1H/t8-;/m0./s1/i1D;. The van der Waals surface area contributed by atoms with Crippen LogP contribution in [0.5, 0.6) is 5.75 Å². The average molecular weight is 390 g/mol. The van der Waals surface area contributed by atoms with E-state index in [9.17, 15) is 4.79 Å². The van der Waals surface area contributed by atoms with Gasteiger partial charge in [-0.15, -0.1) is 12.4 Å². The van der Waals surface area contributed by atoms with Crippen molar-refractivity contribution >= 4 is 50.2 Å². The molecular weight excluding hydrogens is 377 g/mol. The molecule has 0 aliphatic rings. The summed E-state index contributed by atoms with van der Waals surface area (Å²) < 4.78 is 13.4. The summed E-state index contributed by atoms with van der Waals surface area (Å²) >= 11 is 6.60. The number of carboxylic acids is 1. The molecule has 1 aromatic carbocycles. The molecule has 0 heterocycles. The molecule has 1 aromatic rings. The zero-order valence-electron chi connectivity index (χ0n) is 9.65. The predicted octanol–water partition coefficient (Wildman–Crippen LogP) is 2.60. The molecule has 1 atom stereocenters. The molecule has 0 fully saturated rings. The van der Waals surface area contributed by atoms with Gasteiger partial charge in [0.1, 0.15) is 11.8 Å². The van der Waals surface area contributed by atoms with Crippen molar-refractivity contribution in [3.63, 3.8) is 0 Å². The summed E-state index contributed by atoms with van der Waals surface area (Å²) in [4.78, 5) is 10.6. The van der Waals surface area contributed by atoms with Crippen LogP contribution in [0.25, 0.3) is 0 Å². The Kier molecular flexibility index (Phi) is 6.26. The van der Waals surface area contributed by atoms with Gasteiger partial charge in [0.05, 0.1) is 17.4 Å².